The molecule has 15 heavy (non-hydrogen) atoms. The van der Waals surface area contributed by atoms with Crippen LogP contribution in [-0.2, 0) is 6.42 Å². The minimum Gasteiger partial charge on any atom is -0.339 e. The second-order valence-electron chi connectivity index (χ2n) is 3.84. The molecule has 0 aliphatic rings. The monoisotopic (exact) mass is 202 g/mol. The fourth-order valence-corrected chi connectivity index (χ4v) is 1.62. The zero-order valence-electron chi connectivity index (χ0n) is 9.24. The highest BCUT2D eigenvalue weighted by Gasteiger charge is 2.06. The number of benzene rings is 1. The van der Waals surface area contributed by atoms with Crippen molar-refractivity contribution in [1.29, 1.82) is 0 Å². The van der Waals surface area contributed by atoms with Crippen molar-refractivity contribution < 1.29 is 4.52 Å². The van der Waals surface area contributed by atoms with E-state index < -0.39 is 0 Å². The van der Waals surface area contributed by atoms with Gasteiger partial charge < -0.3 is 4.52 Å². The van der Waals surface area contributed by atoms with E-state index in [1.165, 1.54) is 16.7 Å². The number of nitrogens with zero attached hydrogens (tertiary/aromatic N) is 2. The van der Waals surface area contributed by atoms with Crippen molar-refractivity contribution >= 4 is 0 Å². The van der Waals surface area contributed by atoms with Crippen LogP contribution in [0.15, 0.2) is 22.7 Å². The van der Waals surface area contributed by atoms with Gasteiger partial charge >= 0.3 is 0 Å². The first-order valence-electron chi connectivity index (χ1n) is 5.00. The molecule has 3 heteroatoms. The molecule has 3 nitrogen and oxygen atoms in total. The predicted molar refractivity (Wildman–Crippen MR) is 57.8 cm³/mol. The molecule has 0 fully saturated rings. The molecule has 0 unspecified atom stereocenters. The van der Waals surface area contributed by atoms with E-state index >= 15 is 0 Å². The Morgan fingerprint density at radius 3 is 2.60 bits per heavy atom. The molecule has 0 bridgehead atoms. The molecule has 1 aromatic heterocycles. The first-order chi connectivity index (χ1) is 7.15. The minimum atomic E-state index is 0.680. The van der Waals surface area contributed by atoms with E-state index in [2.05, 4.69) is 42.2 Å². The third-order valence-corrected chi connectivity index (χ3v) is 2.41. The maximum absolute atomic E-state index is 5.09. The second kappa shape index (κ2) is 3.85. The maximum atomic E-state index is 5.09. The maximum Gasteiger partial charge on any atom is 0.231 e. The van der Waals surface area contributed by atoms with Gasteiger partial charge in [0.15, 0.2) is 5.82 Å². The van der Waals surface area contributed by atoms with Crippen LogP contribution in [0, 0.1) is 20.8 Å². The van der Waals surface area contributed by atoms with Gasteiger partial charge in [-0.25, -0.2) is 0 Å². The normalized spacial score (nSPS) is 10.6. The summed E-state index contributed by atoms with van der Waals surface area (Å²) in [6.07, 6.45) is 0.715. The van der Waals surface area contributed by atoms with Crippen molar-refractivity contribution in [3.8, 4) is 0 Å². The third-order valence-electron chi connectivity index (χ3n) is 2.41. The van der Waals surface area contributed by atoms with Crippen LogP contribution in [0.25, 0.3) is 0 Å². The summed E-state index contributed by atoms with van der Waals surface area (Å²) in [6.45, 7) is 6.02. The molecule has 0 saturated heterocycles. The van der Waals surface area contributed by atoms with Crippen molar-refractivity contribution in [2.24, 2.45) is 0 Å². The van der Waals surface area contributed by atoms with Gasteiger partial charge in [0.25, 0.3) is 0 Å². The first-order valence-corrected chi connectivity index (χ1v) is 5.00. The molecule has 0 N–H and O–H groups in total. The van der Waals surface area contributed by atoms with E-state index in [1.807, 2.05) is 6.92 Å². The molecule has 2 rings (SSSR count). The van der Waals surface area contributed by atoms with Gasteiger partial charge in [0.05, 0.1) is 6.42 Å². The predicted octanol–water partition coefficient (Wildman–Crippen LogP) is 2.59. The smallest absolute Gasteiger partial charge is 0.231 e. The van der Waals surface area contributed by atoms with Gasteiger partial charge in [-0.2, -0.15) is 4.98 Å². The first kappa shape index (κ1) is 9.90. The molecular weight excluding hydrogens is 188 g/mol. The average Bonchev–Trinajstić information content (AvgIpc) is 2.56. The molecule has 0 aliphatic heterocycles. The van der Waals surface area contributed by atoms with Crippen LogP contribution in [0.3, 0.4) is 0 Å². The van der Waals surface area contributed by atoms with E-state index in [-0.39, 0.29) is 0 Å². The van der Waals surface area contributed by atoms with Gasteiger partial charge in [-0.1, -0.05) is 28.9 Å². The summed E-state index contributed by atoms with van der Waals surface area (Å²) in [6, 6.07) is 6.38. The Morgan fingerprint density at radius 2 is 2.00 bits per heavy atom. The average molecular weight is 202 g/mol. The summed E-state index contributed by atoms with van der Waals surface area (Å²) in [5.41, 5.74) is 3.79. The number of aryl methyl sites for hydroxylation is 3. The highest BCUT2D eigenvalue weighted by atomic mass is 16.5. The van der Waals surface area contributed by atoms with E-state index in [9.17, 15) is 0 Å². The van der Waals surface area contributed by atoms with Crippen LogP contribution in [0.5, 0.6) is 0 Å². The van der Waals surface area contributed by atoms with Crippen molar-refractivity contribution in [2.45, 2.75) is 27.2 Å². The standard InChI is InChI=1S/C12H14N2O/c1-8-4-5-11(9(2)6-8)7-12-13-10(3)14-15-12/h4-6H,7H2,1-3H3. The fraction of sp³-hybridized carbons (Fsp3) is 0.333. The Bertz CT molecular complexity index is 474. The molecule has 0 atom stereocenters. The van der Waals surface area contributed by atoms with Crippen LogP contribution >= 0.6 is 0 Å². The van der Waals surface area contributed by atoms with Crippen LogP contribution in [0.4, 0.5) is 0 Å². The Labute approximate surface area is 89.1 Å². The number of rotatable bonds is 2. The zero-order chi connectivity index (χ0) is 10.8. The lowest BCUT2D eigenvalue weighted by Gasteiger charge is -2.03. The van der Waals surface area contributed by atoms with Crippen molar-refractivity contribution in [2.75, 3.05) is 0 Å². The summed E-state index contributed by atoms with van der Waals surface area (Å²) in [4.78, 5) is 4.19. The van der Waals surface area contributed by atoms with E-state index in [0.717, 1.165) is 0 Å². The van der Waals surface area contributed by atoms with Gasteiger partial charge in [-0.05, 0) is 31.9 Å². The molecule has 1 heterocycles. The van der Waals surface area contributed by atoms with Gasteiger partial charge in [-0.15, -0.1) is 0 Å². The van der Waals surface area contributed by atoms with Crippen LogP contribution in [-0.4, -0.2) is 10.1 Å². The second-order valence-corrected chi connectivity index (χ2v) is 3.84. The summed E-state index contributed by atoms with van der Waals surface area (Å²) in [7, 11) is 0. The molecule has 1 aromatic carbocycles. The topological polar surface area (TPSA) is 38.9 Å². The number of aromatic nitrogens is 2. The van der Waals surface area contributed by atoms with Crippen molar-refractivity contribution in [3.63, 3.8) is 0 Å². The molecule has 78 valence electrons. The van der Waals surface area contributed by atoms with E-state index in [0.29, 0.717) is 18.1 Å². The summed E-state index contributed by atoms with van der Waals surface area (Å²) < 4.78 is 5.09. The lowest BCUT2D eigenvalue weighted by atomic mass is 10.0. The lowest BCUT2D eigenvalue weighted by molar-refractivity contribution is 0.381. The molecule has 0 aliphatic carbocycles. The van der Waals surface area contributed by atoms with Crippen LogP contribution in [0.2, 0.25) is 0 Å². The highest BCUT2D eigenvalue weighted by Crippen LogP contribution is 2.14. The Hall–Kier alpha value is -1.64. The Balaban J connectivity index is 2.24. The molecular formula is C12H14N2O. The molecule has 2 aromatic rings. The van der Waals surface area contributed by atoms with Gasteiger partial charge in [0.2, 0.25) is 5.89 Å². The quantitative estimate of drug-likeness (QED) is 0.751. The van der Waals surface area contributed by atoms with Crippen LogP contribution in [0.1, 0.15) is 28.4 Å². The van der Waals surface area contributed by atoms with Crippen molar-refractivity contribution in [1.82, 2.24) is 10.1 Å². The summed E-state index contributed by atoms with van der Waals surface area (Å²) in [5.74, 6) is 1.37. The van der Waals surface area contributed by atoms with E-state index in [4.69, 9.17) is 4.52 Å². The SMILES string of the molecule is Cc1ccc(Cc2nc(C)no2)c(C)c1. The van der Waals surface area contributed by atoms with E-state index in [1.54, 1.807) is 0 Å². The largest absolute Gasteiger partial charge is 0.339 e. The summed E-state index contributed by atoms with van der Waals surface area (Å²) in [5, 5.41) is 3.77. The highest BCUT2D eigenvalue weighted by molar-refractivity contribution is 5.31. The third kappa shape index (κ3) is 2.24. The molecule has 0 radical (unpaired) electrons. The fourth-order valence-electron chi connectivity index (χ4n) is 1.62. The van der Waals surface area contributed by atoms with Gasteiger partial charge in [0, 0.05) is 0 Å². The Morgan fingerprint density at radius 1 is 1.20 bits per heavy atom. The number of hydrogen-bond acceptors (Lipinski definition) is 3. The van der Waals surface area contributed by atoms with Gasteiger partial charge in [0.1, 0.15) is 0 Å². The lowest BCUT2D eigenvalue weighted by Crippen LogP contribution is -1.92. The molecule has 0 saturated carbocycles. The molecule has 0 spiro atoms. The minimum absolute atomic E-state index is 0.680. The molecule has 0 amide bonds. The zero-order valence-corrected chi connectivity index (χ0v) is 9.24. The van der Waals surface area contributed by atoms with Gasteiger partial charge in [-0.3, -0.25) is 0 Å². The number of hydrogen-bond donors (Lipinski definition) is 0. The Kier molecular flexibility index (Phi) is 2.54. The van der Waals surface area contributed by atoms with Crippen LogP contribution < -0.4 is 0 Å². The van der Waals surface area contributed by atoms with Crippen molar-refractivity contribution in [3.05, 3.63) is 46.6 Å². The summed E-state index contributed by atoms with van der Waals surface area (Å²) >= 11 is 0.